The number of benzene rings is 4. The van der Waals surface area contributed by atoms with Gasteiger partial charge in [0.2, 0.25) is 11.2 Å². The fraction of sp³-hybridized carbons (Fsp3) is 0.192. The van der Waals surface area contributed by atoms with E-state index in [0.717, 1.165) is 45.7 Å². The third-order valence-corrected chi connectivity index (χ3v) is 12.7. The minimum absolute atomic E-state index is 0.0623. The largest absolute Gasteiger partial charge is 0.477 e. The van der Waals surface area contributed by atoms with Crippen LogP contribution in [-0.2, 0) is 15.7 Å². The molecule has 0 spiro atoms. The van der Waals surface area contributed by atoms with Crippen LogP contribution in [0.2, 0.25) is 10.4 Å². The monoisotopic (exact) mass is 1250 g/mol. The summed E-state index contributed by atoms with van der Waals surface area (Å²) in [5, 5.41) is 25.7. The summed E-state index contributed by atoms with van der Waals surface area (Å²) in [6.07, 6.45) is -0.525. The Hall–Kier alpha value is -7.51. The predicted octanol–water partition coefficient (Wildman–Crippen LogP) is 15.5. The number of carbonyl (C=O) groups excluding carboxylic acids is 3. The van der Waals surface area contributed by atoms with Crippen molar-refractivity contribution >= 4 is 156 Å². The first-order valence-corrected chi connectivity index (χ1v) is 26.0. The molecule has 0 fully saturated rings. The third kappa shape index (κ3) is 15.6. The number of alkyl halides is 3. The number of anilines is 4. The molecule has 4 aromatic carbocycles. The van der Waals surface area contributed by atoms with Gasteiger partial charge < -0.3 is 30.2 Å². The number of hydrogen-bond donors (Lipinski definition) is 4. The number of carboxylic acid groups (broad SMARTS) is 1. The number of hydrogen-bond acceptors (Lipinski definition) is 15. The lowest BCUT2D eigenvalue weighted by atomic mass is 10.2. The van der Waals surface area contributed by atoms with Crippen molar-refractivity contribution in [2.24, 2.45) is 0 Å². The van der Waals surface area contributed by atoms with Crippen molar-refractivity contribution in [2.75, 3.05) is 10.6 Å². The zero-order valence-corrected chi connectivity index (χ0v) is 47.5. The number of nitrogens with one attached hydrogen (secondary N) is 3. The van der Waals surface area contributed by atoms with Crippen LogP contribution in [-0.4, -0.2) is 84.7 Å². The second-order valence-corrected chi connectivity index (χ2v) is 22.2. The topological polar surface area (TPSA) is 234 Å². The molecule has 0 atom stereocenters. The molecule has 0 aliphatic rings. The Morgan fingerprint density at radius 3 is 1.77 bits per heavy atom. The van der Waals surface area contributed by atoms with Gasteiger partial charge in [0.25, 0.3) is 0 Å². The number of aromatic nitrogens is 9. The van der Waals surface area contributed by atoms with Gasteiger partial charge >= 0.3 is 24.3 Å². The smallest absolute Gasteiger partial charge is 0.435 e. The van der Waals surface area contributed by atoms with Crippen LogP contribution in [0.5, 0.6) is 0 Å². The molecule has 10 rings (SSSR count). The van der Waals surface area contributed by atoms with Crippen LogP contribution in [0.3, 0.4) is 0 Å². The molecule has 4 N–H and O–H groups in total. The summed E-state index contributed by atoms with van der Waals surface area (Å²) in [7, 11) is 0. The number of thiophene rings is 1. The highest BCUT2D eigenvalue weighted by Crippen LogP contribution is 2.34. The molecule has 26 heteroatoms. The summed E-state index contributed by atoms with van der Waals surface area (Å²) >= 11 is 19.4. The highest BCUT2D eigenvalue weighted by molar-refractivity contribution is 9.10. The lowest BCUT2D eigenvalue weighted by Gasteiger charge is -2.19. The van der Waals surface area contributed by atoms with Gasteiger partial charge in [-0.2, -0.15) is 32.7 Å². The van der Waals surface area contributed by atoms with Crippen LogP contribution < -0.4 is 10.6 Å². The summed E-state index contributed by atoms with van der Waals surface area (Å²) in [4.78, 5) is 64.7. The lowest BCUT2D eigenvalue weighted by molar-refractivity contribution is -0.138. The maximum Gasteiger partial charge on any atom is 0.435 e. The highest BCUT2D eigenvalue weighted by Gasteiger charge is 2.35. The number of rotatable bonds is 6. The van der Waals surface area contributed by atoms with Crippen LogP contribution >= 0.6 is 66.4 Å². The van der Waals surface area contributed by atoms with E-state index < -0.39 is 46.3 Å². The fourth-order valence-corrected chi connectivity index (χ4v) is 9.01. The summed E-state index contributed by atoms with van der Waals surface area (Å²) in [6, 6.07) is 27.2. The van der Waals surface area contributed by atoms with Gasteiger partial charge in [-0.3, -0.25) is 4.79 Å². The van der Waals surface area contributed by atoms with Crippen LogP contribution in [0.4, 0.5) is 45.9 Å². The number of aromatic amines is 1. The van der Waals surface area contributed by atoms with E-state index >= 15 is 0 Å². The molecular weight excluding hydrogens is 1210 g/mol. The molecule has 0 aliphatic heterocycles. The number of carbonyl (C=O) groups is 4. The number of ketones is 1. The van der Waals surface area contributed by atoms with Crippen molar-refractivity contribution in [1.82, 2.24) is 44.5 Å². The molecule has 10 aromatic rings. The average Bonchev–Trinajstić information content (AvgIpc) is 4.18. The SMILES string of the molecule is CC(=O)c1cc2ccc(Br)cc2[nH]1.CC(C)(C)OC(=O)n1ncc2cc(Nc3ccnc(Cl)n3)ccc21.CC(C)(C)OC(=O)n1ncc2cc(Nc3ncc(C(F)(F)F)c(Cl)n3)ccc21.O=C(O)c1cc2ccc(Br)cc2s1. The highest BCUT2D eigenvalue weighted by atomic mass is 79.9. The number of fused-ring (bicyclic) bond motifs is 4. The summed E-state index contributed by atoms with van der Waals surface area (Å²) in [6.45, 7) is 12.2. The van der Waals surface area contributed by atoms with Crippen molar-refractivity contribution in [3.05, 3.63) is 151 Å². The van der Waals surface area contributed by atoms with Gasteiger partial charge in [-0.15, -0.1) is 11.3 Å². The predicted molar refractivity (Wildman–Crippen MR) is 301 cm³/mol. The quantitative estimate of drug-likeness (QED) is 0.0688. The Morgan fingerprint density at radius 1 is 0.679 bits per heavy atom. The van der Waals surface area contributed by atoms with Crippen molar-refractivity contribution < 1.29 is 46.9 Å². The van der Waals surface area contributed by atoms with Crippen molar-refractivity contribution in [3.8, 4) is 0 Å². The second kappa shape index (κ2) is 24.0. The molecule has 18 nitrogen and oxygen atoms in total. The normalized spacial score (nSPS) is 11.5. The van der Waals surface area contributed by atoms with Gasteiger partial charge in [0.05, 0.1) is 29.1 Å². The molecule has 78 heavy (non-hydrogen) atoms. The molecule has 0 bridgehead atoms. The van der Waals surface area contributed by atoms with E-state index in [4.69, 9.17) is 37.8 Å². The molecule has 0 saturated heterocycles. The molecule has 0 amide bonds. The molecule has 6 heterocycles. The minimum Gasteiger partial charge on any atom is -0.477 e. The van der Waals surface area contributed by atoms with E-state index in [2.05, 4.69) is 77.6 Å². The summed E-state index contributed by atoms with van der Waals surface area (Å²) in [5.74, 6) is -0.324. The average molecular weight is 1250 g/mol. The number of H-pyrrole nitrogens is 1. The molecule has 404 valence electrons. The Balaban J connectivity index is 0.000000159. The number of aromatic carboxylic acids is 1. The van der Waals surface area contributed by atoms with Crippen LogP contribution in [0, 0.1) is 0 Å². The number of ether oxygens (including phenoxy) is 2. The lowest BCUT2D eigenvalue weighted by Crippen LogP contribution is -2.27. The second-order valence-electron chi connectivity index (χ2n) is 18.5. The first kappa shape index (κ1) is 58.2. The van der Waals surface area contributed by atoms with Gasteiger partial charge in [0, 0.05) is 66.0 Å². The Morgan fingerprint density at radius 2 is 1.24 bits per heavy atom. The fourth-order valence-electron chi connectivity index (χ4n) is 6.81. The number of carboxylic acids is 1. The minimum atomic E-state index is -4.63. The van der Waals surface area contributed by atoms with Crippen LogP contribution in [0.15, 0.2) is 125 Å². The first-order chi connectivity index (χ1) is 36.6. The molecule has 0 aliphatic carbocycles. The van der Waals surface area contributed by atoms with Gasteiger partial charge in [0.1, 0.15) is 32.6 Å². The van der Waals surface area contributed by atoms with Crippen molar-refractivity contribution in [2.45, 2.75) is 65.8 Å². The third-order valence-electron chi connectivity index (χ3n) is 10.1. The van der Waals surface area contributed by atoms with Gasteiger partial charge in [-0.05, 0) is 137 Å². The molecular formula is C52H44Br2Cl2F3N11O7S. The molecule has 0 unspecified atom stereocenters. The summed E-state index contributed by atoms with van der Waals surface area (Å²) < 4.78 is 54.1. The van der Waals surface area contributed by atoms with Gasteiger partial charge in [-0.1, -0.05) is 55.6 Å². The zero-order valence-electron chi connectivity index (χ0n) is 42.0. The van der Waals surface area contributed by atoms with E-state index in [0.29, 0.717) is 44.7 Å². The molecule has 0 saturated carbocycles. The van der Waals surface area contributed by atoms with E-state index in [9.17, 15) is 32.3 Å². The maximum absolute atomic E-state index is 12.7. The Bertz CT molecular complexity index is 3780. The molecule has 6 aromatic heterocycles. The number of Topliss-reactive ketones (excluding diaryl/α,β-unsaturated/α-hetero) is 1. The maximum atomic E-state index is 12.7. The van der Waals surface area contributed by atoms with E-state index in [-0.39, 0.29) is 17.0 Å². The van der Waals surface area contributed by atoms with Gasteiger partial charge in [-0.25, -0.2) is 34.3 Å². The van der Waals surface area contributed by atoms with Crippen molar-refractivity contribution in [3.63, 3.8) is 0 Å². The number of nitrogens with zero attached hydrogens (tertiary/aromatic N) is 8. The van der Waals surface area contributed by atoms with E-state index in [1.54, 1.807) is 76.5 Å². The van der Waals surface area contributed by atoms with Gasteiger partial charge in [0.15, 0.2) is 5.78 Å². The van der Waals surface area contributed by atoms with E-state index in [1.807, 2.05) is 75.4 Å². The summed E-state index contributed by atoms with van der Waals surface area (Å²) in [5.41, 5.74) is 1.72. The zero-order chi connectivity index (χ0) is 56.9. The van der Waals surface area contributed by atoms with Crippen LogP contribution in [0.1, 0.15) is 74.2 Å². The van der Waals surface area contributed by atoms with E-state index in [1.165, 1.54) is 22.2 Å². The van der Waals surface area contributed by atoms with Crippen LogP contribution in [0.25, 0.3) is 42.8 Å². The Labute approximate surface area is 472 Å². The standard InChI is InChI=1S/C17H15ClF3N5O2.C16H16ClN5O2.C10H8BrNO.C9H5BrO2S/c1-16(2,3)28-15(27)26-12-5-4-10(6-9(12)7-23-26)24-14-22-8-11(13(18)25-14)17(19,20)21;1-16(2,3)24-15(23)22-12-5-4-11(8-10(12)9-19-22)20-13-6-7-18-14(17)21-13;1-6(13)9-4-7-2-3-8(11)5-10(7)12-9;10-6-2-1-5-3-8(9(11)12)13-7(5)4-6/h4-8H,1-3H3,(H,22,24,25);4-9H,1-3H3,(H,18,20,21);2-5,12H,1H3;1-4H,(H,11,12). The van der Waals surface area contributed by atoms with Crippen molar-refractivity contribution in [1.29, 1.82) is 0 Å². The Kier molecular flexibility index (Phi) is 17.9. The first-order valence-electron chi connectivity index (χ1n) is 22.9. The number of halogens is 7. The molecule has 0 radical (unpaired) electrons.